The first kappa shape index (κ1) is 20.8. The maximum absolute atomic E-state index is 12.0. The Morgan fingerprint density at radius 2 is 1.59 bits per heavy atom. The summed E-state index contributed by atoms with van der Waals surface area (Å²) in [6, 6.07) is 5.72. The number of carbonyl (C=O) groups is 2. The molecule has 0 fully saturated rings. The van der Waals surface area contributed by atoms with Gasteiger partial charge < -0.3 is 20.8 Å². The van der Waals surface area contributed by atoms with Crippen molar-refractivity contribution in [2.24, 2.45) is 0 Å². The van der Waals surface area contributed by atoms with Crippen molar-refractivity contribution < 1.29 is 28.2 Å². The zero-order chi connectivity index (χ0) is 20.4. The zero-order valence-electron chi connectivity index (χ0n) is 13.8. The van der Waals surface area contributed by atoms with Gasteiger partial charge in [-0.25, -0.2) is 8.42 Å². The second-order valence-corrected chi connectivity index (χ2v) is 8.40. The van der Waals surface area contributed by atoms with Gasteiger partial charge in [-0.3, -0.25) is 9.59 Å². The minimum absolute atomic E-state index is 0.114. The lowest BCUT2D eigenvalue weighted by Gasteiger charge is -2.11. The molecule has 0 heterocycles. The molecule has 0 unspecified atom stereocenters. The van der Waals surface area contributed by atoms with Crippen LogP contribution in [0.15, 0.2) is 35.2 Å². The third kappa shape index (κ3) is 4.82. The molecule has 2 aromatic rings. The molecule has 27 heavy (non-hydrogen) atoms. The van der Waals surface area contributed by atoms with Crippen LogP contribution in [0, 0.1) is 0 Å². The van der Waals surface area contributed by atoms with E-state index in [4.69, 9.17) is 23.2 Å². The molecule has 0 aliphatic rings. The largest absolute Gasteiger partial charge is 0.506 e. The molecule has 0 spiro atoms. The van der Waals surface area contributed by atoms with Gasteiger partial charge in [-0.2, -0.15) is 0 Å². The number of phenolic OH excluding ortho intramolecular Hbond substituents is 2. The summed E-state index contributed by atoms with van der Waals surface area (Å²) in [5.41, 5.74) is -0.461. The first-order valence-corrected chi connectivity index (χ1v) is 9.82. The molecule has 0 aliphatic carbocycles. The maximum atomic E-state index is 12.0. The number of halogens is 2. The number of amides is 2. The van der Waals surface area contributed by atoms with Crippen LogP contribution in [0.3, 0.4) is 0 Å². The van der Waals surface area contributed by atoms with Gasteiger partial charge in [-0.05, 0) is 30.3 Å². The molecule has 0 saturated carbocycles. The van der Waals surface area contributed by atoms with Gasteiger partial charge in [0.25, 0.3) is 0 Å². The molecule has 0 radical (unpaired) electrons. The predicted molar refractivity (Wildman–Crippen MR) is 101 cm³/mol. The number of phenols is 2. The lowest BCUT2D eigenvalue weighted by Crippen LogP contribution is -2.29. The number of rotatable bonds is 4. The fourth-order valence-electron chi connectivity index (χ4n) is 1.99. The fourth-order valence-corrected chi connectivity index (χ4v) is 3.39. The molecule has 8 nitrogen and oxygen atoms in total. The van der Waals surface area contributed by atoms with Crippen LogP contribution in [-0.4, -0.2) is 36.2 Å². The minimum Gasteiger partial charge on any atom is -0.506 e. The smallest absolute Gasteiger partial charge is 0.314 e. The Labute approximate surface area is 164 Å². The van der Waals surface area contributed by atoms with E-state index >= 15 is 0 Å². The SMILES string of the molecule is CCS(=O)(=O)c1ccc(O)c(NC(=O)C(=O)Nc2cc(Cl)cc(Cl)c2O)c1. The summed E-state index contributed by atoms with van der Waals surface area (Å²) in [6.07, 6.45) is 0. The summed E-state index contributed by atoms with van der Waals surface area (Å²) in [4.78, 5) is 23.9. The second-order valence-electron chi connectivity index (χ2n) is 5.27. The highest BCUT2D eigenvalue weighted by atomic mass is 35.5. The van der Waals surface area contributed by atoms with Crippen molar-refractivity contribution in [1.82, 2.24) is 0 Å². The van der Waals surface area contributed by atoms with Crippen LogP contribution in [0.25, 0.3) is 0 Å². The van der Waals surface area contributed by atoms with E-state index in [1.165, 1.54) is 25.1 Å². The van der Waals surface area contributed by atoms with E-state index in [1.54, 1.807) is 0 Å². The average molecular weight is 433 g/mol. The van der Waals surface area contributed by atoms with E-state index < -0.39 is 33.2 Å². The fraction of sp³-hybridized carbons (Fsp3) is 0.125. The number of hydrogen-bond donors (Lipinski definition) is 4. The third-order valence-corrected chi connectivity index (χ3v) is 5.68. The van der Waals surface area contributed by atoms with Crippen LogP contribution in [0.4, 0.5) is 11.4 Å². The van der Waals surface area contributed by atoms with E-state index in [1.807, 2.05) is 0 Å². The molecule has 4 N–H and O–H groups in total. The van der Waals surface area contributed by atoms with E-state index in [-0.39, 0.29) is 32.1 Å². The van der Waals surface area contributed by atoms with Gasteiger partial charge >= 0.3 is 11.8 Å². The van der Waals surface area contributed by atoms with Gasteiger partial charge in [-0.15, -0.1) is 0 Å². The van der Waals surface area contributed by atoms with Crippen LogP contribution in [0.1, 0.15) is 6.92 Å². The normalized spacial score (nSPS) is 11.1. The highest BCUT2D eigenvalue weighted by Crippen LogP contribution is 2.35. The number of hydrogen-bond acceptors (Lipinski definition) is 6. The van der Waals surface area contributed by atoms with Gasteiger partial charge in [0.2, 0.25) is 0 Å². The van der Waals surface area contributed by atoms with Gasteiger partial charge in [0.15, 0.2) is 15.6 Å². The molecule has 2 rings (SSSR count). The van der Waals surface area contributed by atoms with Crippen molar-refractivity contribution in [3.63, 3.8) is 0 Å². The Morgan fingerprint density at radius 3 is 2.19 bits per heavy atom. The summed E-state index contributed by atoms with van der Waals surface area (Å²) < 4.78 is 23.8. The number of nitrogens with one attached hydrogen (secondary N) is 2. The lowest BCUT2D eigenvalue weighted by molar-refractivity contribution is -0.133. The molecular weight excluding hydrogens is 419 g/mol. The number of aromatic hydroxyl groups is 2. The molecule has 0 aromatic heterocycles. The molecule has 0 atom stereocenters. The Bertz CT molecular complexity index is 1020. The van der Waals surface area contributed by atoms with E-state index in [0.717, 1.165) is 12.1 Å². The molecule has 144 valence electrons. The summed E-state index contributed by atoms with van der Waals surface area (Å²) >= 11 is 11.5. The molecule has 0 aliphatic heterocycles. The van der Waals surface area contributed by atoms with Crippen LogP contribution >= 0.6 is 23.2 Å². The molecule has 2 amide bonds. The van der Waals surface area contributed by atoms with Crippen LogP contribution in [0.2, 0.25) is 10.0 Å². The Morgan fingerprint density at radius 1 is 1.00 bits per heavy atom. The Balaban J connectivity index is 2.23. The molecule has 0 bridgehead atoms. The van der Waals surface area contributed by atoms with Gasteiger partial charge in [0.1, 0.15) is 5.75 Å². The van der Waals surface area contributed by atoms with Crippen molar-refractivity contribution in [2.75, 3.05) is 16.4 Å². The van der Waals surface area contributed by atoms with E-state index in [9.17, 15) is 28.2 Å². The van der Waals surface area contributed by atoms with E-state index in [2.05, 4.69) is 10.6 Å². The van der Waals surface area contributed by atoms with Crippen LogP contribution in [-0.2, 0) is 19.4 Å². The van der Waals surface area contributed by atoms with Gasteiger partial charge in [0.05, 0.1) is 27.0 Å². The molecule has 11 heteroatoms. The van der Waals surface area contributed by atoms with Crippen LogP contribution in [0.5, 0.6) is 11.5 Å². The second kappa shape index (κ2) is 8.03. The Kier molecular flexibility index (Phi) is 6.19. The summed E-state index contributed by atoms with van der Waals surface area (Å²) in [7, 11) is -3.58. The van der Waals surface area contributed by atoms with Crippen molar-refractivity contribution in [3.8, 4) is 11.5 Å². The van der Waals surface area contributed by atoms with Crippen molar-refractivity contribution >= 4 is 56.2 Å². The monoisotopic (exact) mass is 432 g/mol. The average Bonchev–Trinajstić information content (AvgIpc) is 2.60. The number of sulfone groups is 1. The van der Waals surface area contributed by atoms with Crippen molar-refractivity contribution in [1.29, 1.82) is 0 Å². The first-order valence-electron chi connectivity index (χ1n) is 7.41. The zero-order valence-corrected chi connectivity index (χ0v) is 16.1. The lowest BCUT2D eigenvalue weighted by atomic mass is 10.2. The number of anilines is 2. The highest BCUT2D eigenvalue weighted by molar-refractivity contribution is 7.91. The summed E-state index contributed by atoms with van der Waals surface area (Å²) in [6.45, 7) is 1.44. The van der Waals surface area contributed by atoms with Crippen LogP contribution < -0.4 is 10.6 Å². The highest BCUT2D eigenvalue weighted by Gasteiger charge is 2.20. The molecule has 2 aromatic carbocycles. The quantitative estimate of drug-likeness (QED) is 0.433. The summed E-state index contributed by atoms with van der Waals surface area (Å²) in [5, 5.41) is 23.8. The topological polar surface area (TPSA) is 133 Å². The Hall–Kier alpha value is -2.49. The minimum atomic E-state index is -3.58. The standard InChI is InChI=1S/C16H14Cl2N2O6S/c1-2-27(25,26)9-3-4-13(21)11(7-9)19-15(23)16(24)20-12-6-8(17)5-10(18)14(12)22/h3-7,21-22H,2H2,1H3,(H,19,23)(H,20,24). The first-order chi connectivity index (χ1) is 12.5. The van der Waals surface area contributed by atoms with Crippen molar-refractivity contribution in [2.45, 2.75) is 11.8 Å². The van der Waals surface area contributed by atoms with Gasteiger partial charge in [-0.1, -0.05) is 30.1 Å². The van der Waals surface area contributed by atoms with Gasteiger partial charge in [0, 0.05) is 5.02 Å². The number of benzene rings is 2. The predicted octanol–water partition coefficient (Wildman–Crippen LogP) is 2.78. The molecule has 0 saturated heterocycles. The molecular formula is C16H14Cl2N2O6S. The summed E-state index contributed by atoms with van der Waals surface area (Å²) in [5.74, 6) is -3.51. The van der Waals surface area contributed by atoms with Crippen molar-refractivity contribution in [3.05, 3.63) is 40.4 Å². The third-order valence-electron chi connectivity index (χ3n) is 3.44. The van der Waals surface area contributed by atoms with E-state index in [0.29, 0.717) is 0 Å². The maximum Gasteiger partial charge on any atom is 0.314 e. The number of carbonyl (C=O) groups excluding carboxylic acids is 2.